The molecule has 1 unspecified atom stereocenters. The van der Waals surface area contributed by atoms with E-state index in [0.29, 0.717) is 24.0 Å². The fourth-order valence-electron chi connectivity index (χ4n) is 2.64. The third-order valence-electron chi connectivity index (χ3n) is 3.88. The van der Waals surface area contributed by atoms with Crippen LogP contribution in [0.25, 0.3) is 0 Å². The van der Waals surface area contributed by atoms with Crippen molar-refractivity contribution in [1.82, 2.24) is 4.90 Å². The van der Waals surface area contributed by atoms with Crippen molar-refractivity contribution in [2.45, 2.75) is 23.8 Å². The minimum absolute atomic E-state index is 0.359. The minimum Gasteiger partial charge on any atom is -0.468 e. The van der Waals surface area contributed by atoms with Crippen molar-refractivity contribution in [3.8, 4) is 0 Å². The number of fused-ring (bicyclic) bond motifs is 1. The van der Waals surface area contributed by atoms with E-state index in [-0.39, 0.29) is 0 Å². The summed E-state index contributed by atoms with van der Waals surface area (Å²) >= 11 is 6.12. The van der Waals surface area contributed by atoms with Crippen LogP contribution in [0.15, 0.2) is 24.3 Å². The highest BCUT2D eigenvalue weighted by Crippen LogP contribution is 2.50. The molecular formula is C14H12ClNO4. The Bertz CT molecular complexity index is 588. The molecule has 3 rings (SSSR count). The van der Waals surface area contributed by atoms with Crippen molar-refractivity contribution in [3.63, 3.8) is 0 Å². The number of alkyl halides is 1. The molecule has 1 aliphatic heterocycles. The lowest BCUT2D eigenvalue weighted by molar-refractivity contribution is -0.141. The summed E-state index contributed by atoms with van der Waals surface area (Å²) in [7, 11) is 1.23. The van der Waals surface area contributed by atoms with E-state index >= 15 is 0 Å². The number of nitrogens with zero attached hydrogens (tertiary/aromatic N) is 1. The molecule has 0 radical (unpaired) electrons. The van der Waals surface area contributed by atoms with Crippen LogP contribution in [-0.4, -0.2) is 40.7 Å². The van der Waals surface area contributed by atoms with Crippen LogP contribution in [0, 0.1) is 0 Å². The van der Waals surface area contributed by atoms with Gasteiger partial charge in [-0.2, -0.15) is 0 Å². The second kappa shape index (κ2) is 4.31. The SMILES string of the molecule is COC(=O)C(Cl)C1(N2C(=O)c3ccccc3C2=O)CC1. The molecule has 0 spiro atoms. The Morgan fingerprint density at radius 3 is 2.15 bits per heavy atom. The molecular weight excluding hydrogens is 282 g/mol. The number of esters is 1. The molecule has 0 N–H and O–H groups in total. The fraction of sp³-hybridized carbons (Fsp3) is 0.357. The Labute approximate surface area is 120 Å². The Morgan fingerprint density at radius 2 is 1.75 bits per heavy atom. The maximum atomic E-state index is 12.4. The molecule has 104 valence electrons. The van der Waals surface area contributed by atoms with Gasteiger partial charge in [-0.1, -0.05) is 12.1 Å². The van der Waals surface area contributed by atoms with E-state index in [1.165, 1.54) is 7.11 Å². The minimum atomic E-state index is -1.03. The first-order valence-corrected chi connectivity index (χ1v) is 6.66. The standard InChI is InChI=1S/C14H12ClNO4/c1-20-13(19)10(15)14(6-7-14)16-11(17)8-4-2-3-5-9(8)12(16)18/h2-5,10H,6-7H2,1H3. The van der Waals surface area contributed by atoms with Crippen LogP contribution in [-0.2, 0) is 9.53 Å². The van der Waals surface area contributed by atoms with Gasteiger partial charge in [0.1, 0.15) is 0 Å². The molecule has 6 heteroatoms. The average Bonchev–Trinajstić information content (AvgIpc) is 3.22. The zero-order valence-corrected chi connectivity index (χ0v) is 11.5. The largest absolute Gasteiger partial charge is 0.468 e. The third kappa shape index (κ3) is 1.59. The van der Waals surface area contributed by atoms with E-state index in [1.54, 1.807) is 24.3 Å². The zero-order valence-electron chi connectivity index (χ0n) is 10.8. The lowest BCUT2D eigenvalue weighted by atomic mass is 10.1. The Hall–Kier alpha value is -1.88. The second-order valence-electron chi connectivity index (χ2n) is 4.98. The monoisotopic (exact) mass is 293 g/mol. The van der Waals surface area contributed by atoms with Crippen LogP contribution in [0.3, 0.4) is 0 Å². The number of benzene rings is 1. The predicted molar refractivity (Wildman–Crippen MR) is 70.6 cm³/mol. The normalized spacial score (nSPS) is 20.6. The highest BCUT2D eigenvalue weighted by molar-refractivity contribution is 6.32. The van der Waals surface area contributed by atoms with E-state index in [1.807, 2.05) is 0 Å². The molecule has 1 atom stereocenters. The van der Waals surface area contributed by atoms with E-state index in [2.05, 4.69) is 4.74 Å². The van der Waals surface area contributed by atoms with Crippen molar-refractivity contribution in [2.24, 2.45) is 0 Å². The summed E-state index contributed by atoms with van der Waals surface area (Å²) in [6.45, 7) is 0. The van der Waals surface area contributed by atoms with Gasteiger partial charge in [-0.15, -0.1) is 11.6 Å². The van der Waals surface area contributed by atoms with Crippen LogP contribution in [0.4, 0.5) is 0 Å². The van der Waals surface area contributed by atoms with Gasteiger partial charge in [-0.3, -0.25) is 19.3 Å². The fourth-order valence-corrected chi connectivity index (χ4v) is 3.04. The number of carbonyl (C=O) groups is 3. The zero-order chi connectivity index (χ0) is 14.5. The molecule has 0 aromatic heterocycles. The molecule has 1 fully saturated rings. The number of amides is 2. The van der Waals surface area contributed by atoms with Gasteiger partial charge in [0, 0.05) is 0 Å². The molecule has 2 amide bonds. The van der Waals surface area contributed by atoms with Crippen molar-refractivity contribution in [2.75, 3.05) is 7.11 Å². The van der Waals surface area contributed by atoms with Crippen molar-refractivity contribution in [3.05, 3.63) is 35.4 Å². The highest BCUT2D eigenvalue weighted by Gasteiger charge is 2.62. The Balaban J connectivity index is 1.99. The van der Waals surface area contributed by atoms with Gasteiger partial charge in [0.15, 0.2) is 5.38 Å². The summed E-state index contributed by atoms with van der Waals surface area (Å²) in [5, 5.41) is -1.03. The molecule has 5 nitrogen and oxygen atoms in total. The lowest BCUT2D eigenvalue weighted by Crippen LogP contribution is -2.50. The maximum absolute atomic E-state index is 12.4. The Kier molecular flexibility index (Phi) is 2.83. The van der Waals surface area contributed by atoms with Gasteiger partial charge >= 0.3 is 5.97 Å². The summed E-state index contributed by atoms with van der Waals surface area (Å²) in [5.41, 5.74) is -0.225. The topological polar surface area (TPSA) is 63.7 Å². The summed E-state index contributed by atoms with van der Waals surface area (Å²) in [6.07, 6.45) is 1.03. The number of hydrogen-bond donors (Lipinski definition) is 0. The van der Waals surface area contributed by atoms with Gasteiger partial charge in [0.25, 0.3) is 11.8 Å². The van der Waals surface area contributed by atoms with Crippen LogP contribution in [0.2, 0.25) is 0 Å². The number of halogens is 1. The molecule has 20 heavy (non-hydrogen) atoms. The van der Waals surface area contributed by atoms with E-state index in [4.69, 9.17) is 11.6 Å². The van der Waals surface area contributed by atoms with Crippen molar-refractivity contribution in [1.29, 1.82) is 0 Å². The highest BCUT2D eigenvalue weighted by atomic mass is 35.5. The van der Waals surface area contributed by atoms with E-state index in [0.717, 1.165) is 4.90 Å². The smallest absolute Gasteiger partial charge is 0.326 e. The average molecular weight is 294 g/mol. The van der Waals surface area contributed by atoms with Crippen molar-refractivity contribution < 1.29 is 19.1 Å². The molecule has 0 saturated heterocycles. The molecule has 0 bridgehead atoms. The van der Waals surface area contributed by atoms with Crippen LogP contribution in [0.1, 0.15) is 33.6 Å². The first-order chi connectivity index (χ1) is 9.53. The summed E-state index contributed by atoms with van der Waals surface area (Å²) in [6, 6.07) is 6.61. The predicted octanol–water partition coefficient (Wildman–Crippen LogP) is 1.60. The van der Waals surface area contributed by atoms with Crippen LogP contribution >= 0.6 is 11.6 Å². The van der Waals surface area contributed by atoms with Gasteiger partial charge in [0.2, 0.25) is 0 Å². The third-order valence-corrected chi connectivity index (χ3v) is 4.47. The molecule has 1 aromatic carbocycles. The first kappa shape index (κ1) is 13.1. The molecule has 2 aliphatic rings. The number of carbonyl (C=O) groups excluding carboxylic acids is 3. The summed E-state index contributed by atoms with van der Waals surface area (Å²) in [5.74, 6) is -1.41. The van der Waals surface area contributed by atoms with E-state index < -0.39 is 28.7 Å². The maximum Gasteiger partial charge on any atom is 0.326 e. The quantitative estimate of drug-likeness (QED) is 0.482. The lowest BCUT2D eigenvalue weighted by Gasteiger charge is -2.28. The molecule has 1 saturated carbocycles. The van der Waals surface area contributed by atoms with Crippen LogP contribution < -0.4 is 0 Å². The van der Waals surface area contributed by atoms with Crippen LogP contribution in [0.5, 0.6) is 0 Å². The van der Waals surface area contributed by atoms with Gasteiger partial charge < -0.3 is 4.74 Å². The molecule has 1 aliphatic carbocycles. The van der Waals surface area contributed by atoms with E-state index in [9.17, 15) is 14.4 Å². The number of methoxy groups -OCH3 is 1. The molecule has 1 heterocycles. The van der Waals surface area contributed by atoms with Gasteiger partial charge in [0.05, 0.1) is 23.8 Å². The summed E-state index contributed by atoms with van der Waals surface area (Å²) in [4.78, 5) is 37.6. The van der Waals surface area contributed by atoms with Gasteiger partial charge in [-0.25, -0.2) is 0 Å². The number of hydrogen-bond acceptors (Lipinski definition) is 4. The second-order valence-corrected chi connectivity index (χ2v) is 5.42. The number of imide groups is 1. The number of rotatable bonds is 3. The number of ether oxygens (including phenoxy) is 1. The molecule has 1 aromatic rings. The summed E-state index contributed by atoms with van der Waals surface area (Å²) < 4.78 is 4.63. The first-order valence-electron chi connectivity index (χ1n) is 6.23. The Morgan fingerprint density at radius 1 is 1.25 bits per heavy atom. The van der Waals surface area contributed by atoms with Crippen molar-refractivity contribution >= 4 is 29.4 Å². The van der Waals surface area contributed by atoms with Gasteiger partial charge in [-0.05, 0) is 25.0 Å².